The van der Waals surface area contributed by atoms with E-state index in [9.17, 15) is 4.79 Å². The van der Waals surface area contributed by atoms with Crippen molar-refractivity contribution in [3.05, 3.63) is 34.4 Å². The molecule has 4 nitrogen and oxygen atoms in total. The van der Waals surface area contributed by atoms with Gasteiger partial charge in [0.15, 0.2) is 0 Å². The number of ether oxygens (including phenoxy) is 1. The van der Waals surface area contributed by atoms with Crippen LogP contribution in [-0.2, 0) is 4.79 Å². The topological polar surface area (TPSA) is 55.6 Å². The first-order valence-corrected chi connectivity index (χ1v) is 8.13. The lowest BCUT2D eigenvalue weighted by molar-refractivity contribution is -0.131. The maximum atomic E-state index is 12.9. The minimum Gasteiger partial charge on any atom is -0.488 e. The number of carbonyl (C=O) groups excluding carboxylic acids is 1. The minimum absolute atomic E-state index is 0.0175. The van der Waals surface area contributed by atoms with E-state index in [0.717, 1.165) is 37.1 Å². The van der Waals surface area contributed by atoms with Gasteiger partial charge >= 0.3 is 0 Å². The average Bonchev–Trinajstić information content (AvgIpc) is 2.53. The maximum absolute atomic E-state index is 12.9. The van der Waals surface area contributed by atoms with Crippen LogP contribution in [0.4, 0.5) is 0 Å². The fourth-order valence-electron chi connectivity index (χ4n) is 3.21. The van der Waals surface area contributed by atoms with E-state index >= 15 is 0 Å². The average molecular weight is 321 g/mol. The zero-order valence-electron chi connectivity index (χ0n) is 12.7. The Balaban J connectivity index is 1.85. The Bertz CT molecular complexity index is 613. The number of hydrogen-bond donors (Lipinski definition) is 1. The lowest BCUT2D eigenvalue weighted by Gasteiger charge is -2.38. The van der Waals surface area contributed by atoms with Crippen LogP contribution in [0.3, 0.4) is 0 Å². The molecule has 5 heteroatoms. The van der Waals surface area contributed by atoms with Crippen LogP contribution in [0, 0.1) is 0 Å². The number of rotatable bonds is 2. The smallest absolute Gasteiger partial charge is 0.253 e. The van der Waals surface area contributed by atoms with Crippen LogP contribution in [-0.4, -0.2) is 36.0 Å². The SMILES string of the molecule is CC(N)C1CCCCN1C(=O)C1=Cc2cc(Cl)ccc2OC1. The number of amides is 1. The van der Waals surface area contributed by atoms with Crippen molar-refractivity contribution in [1.29, 1.82) is 0 Å². The van der Waals surface area contributed by atoms with Gasteiger partial charge in [0.05, 0.1) is 5.57 Å². The monoisotopic (exact) mass is 320 g/mol. The number of fused-ring (bicyclic) bond motifs is 1. The van der Waals surface area contributed by atoms with E-state index in [-0.39, 0.29) is 18.0 Å². The highest BCUT2D eigenvalue weighted by atomic mass is 35.5. The molecule has 2 aliphatic heterocycles. The van der Waals surface area contributed by atoms with Gasteiger partial charge in [-0.2, -0.15) is 0 Å². The van der Waals surface area contributed by atoms with Crippen molar-refractivity contribution in [2.24, 2.45) is 5.73 Å². The third-order valence-electron chi connectivity index (χ3n) is 4.38. The van der Waals surface area contributed by atoms with Gasteiger partial charge in [-0.1, -0.05) is 11.6 Å². The molecule has 1 saturated heterocycles. The Morgan fingerprint density at radius 1 is 1.45 bits per heavy atom. The molecule has 0 saturated carbocycles. The van der Waals surface area contributed by atoms with E-state index in [1.54, 1.807) is 6.07 Å². The second-order valence-corrected chi connectivity index (χ2v) is 6.50. The molecule has 22 heavy (non-hydrogen) atoms. The van der Waals surface area contributed by atoms with Crippen LogP contribution in [0.1, 0.15) is 31.7 Å². The molecule has 0 bridgehead atoms. The van der Waals surface area contributed by atoms with Crippen LogP contribution < -0.4 is 10.5 Å². The molecule has 2 aliphatic rings. The van der Waals surface area contributed by atoms with Gasteiger partial charge in [-0.3, -0.25) is 4.79 Å². The lowest BCUT2D eigenvalue weighted by Crippen LogP contribution is -2.52. The molecule has 0 aliphatic carbocycles. The van der Waals surface area contributed by atoms with E-state index in [2.05, 4.69) is 0 Å². The standard InChI is InChI=1S/C17H21ClN2O2/c1-11(19)15-4-2-3-7-20(15)17(21)13-8-12-9-14(18)5-6-16(12)22-10-13/h5-6,8-9,11,15H,2-4,7,10,19H2,1H3. The number of halogens is 1. The van der Waals surface area contributed by atoms with Crippen LogP contribution in [0.15, 0.2) is 23.8 Å². The predicted molar refractivity (Wildman–Crippen MR) is 87.9 cm³/mol. The summed E-state index contributed by atoms with van der Waals surface area (Å²) in [7, 11) is 0. The van der Waals surface area contributed by atoms with Crippen LogP contribution in [0.2, 0.25) is 5.02 Å². The van der Waals surface area contributed by atoms with Crippen LogP contribution in [0.5, 0.6) is 5.75 Å². The van der Waals surface area contributed by atoms with Crippen molar-refractivity contribution in [3.8, 4) is 5.75 Å². The van der Waals surface area contributed by atoms with Gasteiger partial charge < -0.3 is 15.4 Å². The molecule has 2 atom stereocenters. The Morgan fingerprint density at radius 3 is 3.05 bits per heavy atom. The van der Waals surface area contributed by atoms with Gasteiger partial charge in [-0.15, -0.1) is 0 Å². The van der Waals surface area contributed by atoms with Gasteiger partial charge in [0.1, 0.15) is 12.4 Å². The summed E-state index contributed by atoms with van der Waals surface area (Å²) in [6, 6.07) is 5.54. The molecule has 118 valence electrons. The third kappa shape index (κ3) is 2.99. The molecule has 2 N–H and O–H groups in total. The second-order valence-electron chi connectivity index (χ2n) is 6.06. The highest BCUT2D eigenvalue weighted by molar-refractivity contribution is 6.30. The predicted octanol–water partition coefficient (Wildman–Crippen LogP) is 2.84. The molecule has 0 spiro atoms. The molecule has 3 rings (SSSR count). The molecule has 0 aromatic heterocycles. The van der Waals surface area contributed by atoms with Crippen molar-refractivity contribution in [2.45, 2.75) is 38.3 Å². The van der Waals surface area contributed by atoms with Crippen molar-refractivity contribution in [1.82, 2.24) is 4.90 Å². The summed E-state index contributed by atoms with van der Waals surface area (Å²) in [5, 5.41) is 0.638. The summed E-state index contributed by atoms with van der Waals surface area (Å²) in [6.45, 7) is 3.04. The van der Waals surface area contributed by atoms with Gasteiger partial charge in [0.2, 0.25) is 0 Å². The fraction of sp³-hybridized carbons (Fsp3) is 0.471. The molecule has 1 amide bonds. The Morgan fingerprint density at radius 2 is 2.27 bits per heavy atom. The van der Waals surface area contributed by atoms with Gasteiger partial charge in [0, 0.05) is 29.2 Å². The molecular formula is C17H21ClN2O2. The Kier molecular flexibility index (Phi) is 4.41. The number of piperidine rings is 1. The number of carbonyl (C=O) groups is 1. The van der Waals surface area contributed by atoms with E-state index in [1.165, 1.54) is 0 Å². The van der Waals surface area contributed by atoms with Crippen LogP contribution in [0.25, 0.3) is 6.08 Å². The van der Waals surface area contributed by atoms with Gasteiger partial charge in [-0.05, 0) is 50.5 Å². The molecule has 1 aromatic carbocycles. The summed E-state index contributed by atoms with van der Waals surface area (Å²) in [5.41, 5.74) is 7.59. The third-order valence-corrected chi connectivity index (χ3v) is 4.61. The Hall–Kier alpha value is -1.52. The molecule has 1 aromatic rings. The molecule has 2 unspecified atom stereocenters. The molecule has 1 fully saturated rings. The molecular weight excluding hydrogens is 300 g/mol. The van der Waals surface area contributed by atoms with Crippen LogP contribution >= 0.6 is 11.6 Å². The number of likely N-dealkylation sites (tertiary alicyclic amines) is 1. The van der Waals surface area contributed by atoms with E-state index in [0.29, 0.717) is 17.2 Å². The second kappa shape index (κ2) is 6.31. The highest BCUT2D eigenvalue weighted by Gasteiger charge is 2.31. The molecule has 0 radical (unpaired) electrons. The summed E-state index contributed by atoms with van der Waals surface area (Å²) >= 11 is 6.02. The van der Waals surface area contributed by atoms with E-state index in [4.69, 9.17) is 22.1 Å². The highest BCUT2D eigenvalue weighted by Crippen LogP contribution is 2.30. The minimum atomic E-state index is -0.0175. The quantitative estimate of drug-likeness (QED) is 0.911. The van der Waals surface area contributed by atoms with Crippen molar-refractivity contribution in [3.63, 3.8) is 0 Å². The lowest BCUT2D eigenvalue weighted by atomic mass is 9.95. The number of nitrogens with two attached hydrogens (primary N) is 1. The Labute approximate surface area is 135 Å². The number of nitrogens with zero attached hydrogens (tertiary/aromatic N) is 1. The summed E-state index contributed by atoms with van der Waals surface area (Å²) in [6.07, 6.45) is 5.02. The first-order valence-electron chi connectivity index (χ1n) is 7.76. The van der Waals surface area contributed by atoms with E-state index in [1.807, 2.05) is 30.0 Å². The fourth-order valence-corrected chi connectivity index (χ4v) is 3.39. The van der Waals surface area contributed by atoms with Gasteiger partial charge in [-0.25, -0.2) is 0 Å². The normalized spacial score (nSPS) is 22.4. The summed E-state index contributed by atoms with van der Waals surface area (Å²) in [4.78, 5) is 14.8. The van der Waals surface area contributed by atoms with Crippen molar-refractivity contribution >= 4 is 23.6 Å². The maximum Gasteiger partial charge on any atom is 0.253 e. The zero-order valence-corrected chi connectivity index (χ0v) is 13.5. The summed E-state index contributed by atoms with van der Waals surface area (Å²) in [5.74, 6) is 0.802. The number of benzene rings is 1. The first-order chi connectivity index (χ1) is 10.6. The largest absolute Gasteiger partial charge is 0.488 e. The van der Waals surface area contributed by atoms with Gasteiger partial charge in [0.25, 0.3) is 5.91 Å². The van der Waals surface area contributed by atoms with Crippen molar-refractivity contribution < 1.29 is 9.53 Å². The van der Waals surface area contributed by atoms with Crippen molar-refractivity contribution in [2.75, 3.05) is 13.2 Å². The molecule has 2 heterocycles. The first kappa shape index (κ1) is 15.4. The van der Waals surface area contributed by atoms with E-state index < -0.39 is 0 Å². The summed E-state index contributed by atoms with van der Waals surface area (Å²) < 4.78 is 5.69. The zero-order chi connectivity index (χ0) is 15.7. The number of hydrogen-bond acceptors (Lipinski definition) is 3.